The van der Waals surface area contributed by atoms with Crippen LogP contribution in [-0.4, -0.2) is 28.8 Å². The topological polar surface area (TPSA) is 74.2 Å². The van der Waals surface area contributed by atoms with Gasteiger partial charge in [0.2, 0.25) is 0 Å². The van der Waals surface area contributed by atoms with Crippen LogP contribution >= 0.6 is 0 Å². The molecule has 1 aliphatic rings. The predicted octanol–water partition coefficient (Wildman–Crippen LogP) is 1.75. The van der Waals surface area contributed by atoms with Crippen LogP contribution in [0.25, 0.3) is 0 Å². The van der Waals surface area contributed by atoms with Crippen LogP contribution in [0.2, 0.25) is 0 Å². The number of amides is 2. The van der Waals surface area contributed by atoms with Gasteiger partial charge < -0.3 is 15.7 Å². The molecule has 1 saturated carbocycles. The second-order valence-corrected chi connectivity index (χ2v) is 5.10. The van der Waals surface area contributed by atoms with Crippen LogP contribution in [0.1, 0.15) is 26.2 Å². The minimum Gasteiger partial charge on any atom is -0.396 e. The Hall–Kier alpha value is -1.62. The lowest BCUT2D eigenvalue weighted by atomic mass is 9.86. The Morgan fingerprint density at radius 2 is 2.50 bits per heavy atom. The number of nitrogens with zero attached hydrogens (tertiary/aromatic N) is 1. The van der Waals surface area contributed by atoms with Crippen molar-refractivity contribution in [3.05, 3.63) is 24.5 Å². The summed E-state index contributed by atoms with van der Waals surface area (Å²) in [5, 5.41) is 15.1. The molecule has 2 amide bonds. The minimum atomic E-state index is -0.241. The van der Waals surface area contributed by atoms with E-state index in [-0.39, 0.29) is 24.1 Å². The van der Waals surface area contributed by atoms with Gasteiger partial charge in [-0.15, -0.1) is 0 Å². The molecule has 98 valence electrons. The highest BCUT2D eigenvalue weighted by Crippen LogP contribution is 2.37. The quantitative estimate of drug-likeness (QED) is 0.764. The Balaban J connectivity index is 1.92. The monoisotopic (exact) mass is 249 g/mol. The van der Waals surface area contributed by atoms with E-state index in [9.17, 15) is 9.90 Å². The van der Waals surface area contributed by atoms with E-state index in [0.29, 0.717) is 5.69 Å². The Labute approximate surface area is 107 Å². The van der Waals surface area contributed by atoms with Gasteiger partial charge in [-0.25, -0.2) is 4.79 Å². The van der Waals surface area contributed by atoms with Crippen molar-refractivity contribution in [1.29, 1.82) is 0 Å². The molecule has 0 bridgehead atoms. The number of anilines is 1. The number of rotatable bonds is 3. The summed E-state index contributed by atoms with van der Waals surface area (Å²) in [5.74, 6) is 0. The highest BCUT2D eigenvalue weighted by atomic mass is 16.3. The summed E-state index contributed by atoms with van der Waals surface area (Å²) in [6.07, 6.45) is 6.15. The van der Waals surface area contributed by atoms with E-state index in [1.807, 2.05) is 6.92 Å². The average Bonchev–Trinajstić information content (AvgIpc) is 2.73. The molecule has 0 radical (unpaired) electrons. The van der Waals surface area contributed by atoms with Gasteiger partial charge in [0, 0.05) is 17.7 Å². The zero-order valence-corrected chi connectivity index (χ0v) is 10.5. The Bertz CT molecular complexity index is 410. The molecule has 0 aromatic carbocycles. The normalized spacial score (nSPS) is 26.9. The Kier molecular flexibility index (Phi) is 3.81. The van der Waals surface area contributed by atoms with Gasteiger partial charge in [0.15, 0.2) is 0 Å². The predicted molar refractivity (Wildman–Crippen MR) is 69.2 cm³/mol. The van der Waals surface area contributed by atoms with Gasteiger partial charge in [-0.3, -0.25) is 4.98 Å². The van der Waals surface area contributed by atoms with Crippen molar-refractivity contribution in [3.8, 4) is 0 Å². The fourth-order valence-electron chi connectivity index (χ4n) is 2.43. The molecule has 5 heteroatoms. The van der Waals surface area contributed by atoms with Crippen molar-refractivity contribution < 1.29 is 9.90 Å². The van der Waals surface area contributed by atoms with Crippen LogP contribution in [0.3, 0.4) is 0 Å². The lowest BCUT2D eigenvalue weighted by Crippen LogP contribution is -2.46. The third kappa shape index (κ3) is 2.79. The van der Waals surface area contributed by atoms with E-state index >= 15 is 0 Å². The molecule has 0 aliphatic heterocycles. The van der Waals surface area contributed by atoms with Gasteiger partial charge in [-0.1, -0.05) is 13.3 Å². The first-order valence-corrected chi connectivity index (χ1v) is 6.22. The highest BCUT2D eigenvalue weighted by molar-refractivity contribution is 5.89. The molecule has 2 atom stereocenters. The third-order valence-corrected chi connectivity index (χ3v) is 3.67. The highest BCUT2D eigenvalue weighted by Gasteiger charge is 2.39. The fraction of sp³-hybridized carbons (Fsp3) is 0.538. The Morgan fingerprint density at radius 1 is 1.67 bits per heavy atom. The number of aliphatic hydroxyl groups is 1. The average molecular weight is 249 g/mol. The molecule has 18 heavy (non-hydrogen) atoms. The molecule has 3 N–H and O–H groups in total. The van der Waals surface area contributed by atoms with E-state index in [1.54, 1.807) is 24.5 Å². The SMILES string of the molecule is CC1(CO)CCCC1NC(=O)Nc1cccnc1. The molecule has 1 heterocycles. The molecule has 2 unspecified atom stereocenters. The summed E-state index contributed by atoms with van der Waals surface area (Å²) in [5.41, 5.74) is 0.463. The second kappa shape index (κ2) is 5.35. The van der Waals surface area contributed by atoms with Crippen molar-refractivity contribution in [2.45, 2.75) is 32.2 Å². The van der Waals surface area contributed by atoms with Crippen molar-refractivity contribution in [3.63, 3.8) is 0 Å². The summed E-state index contributed by atoms with van der Waals surface area (Å²) in [6, 6.07) is 3.34. The second-order valence-electron chi connectivity index (χ2n) is 5.10. The number of aliphatic hydroxyl groups excluding tert-OH is 1. The van der Waals surface area contributed by atoms with Crippen LogP contribution in [0, 0.1) is 5.41 Å². The molecule has 1 aromatic heterocycles. The van der Waals surface area contributed by atoms with Gasteiger partial charge >= 0.3 is 6.03 Å². The molecule has 1 fully saturated rings. The molecular weight excluding hydrogens is 230 g/mol. The van der Waals surface area contributed by atoms with Gasteiger partial charge in [-0.2, -0.15) is 0 Å². The van der Waals surface area contributed by atoms with E-state index in [2.05, 4.69) is 15.6 Å². The first-order valence-electron chi connectivity index (χ1n) is 6.22. The number of urea groups is 1. The maximum atomic E-state index is 11.8. The zero-order chi connectivity index (χ0) is 13.0. The first kappa shape index (κ1) is 12.8. The standard InChI is InChI=1S/C13H19N3O2/c1-13(9-17)6-2-5-11(13)16-12(18)15-10-4-3-7-14-8-10/h3-4,7-8,11,17H,2,5-6,9H2,1H3,(H2,15,16,18). The number of pyridine rings is 1. The van der Waals surface area contributed by atoms with Gasteiger partial charge in [0.1, 0.15) is 0 Å². The van der Waals surface area contributed by atoms with E-state index in [1.165, 1.54) is 0 Å². The van der Waals surface area contributed by atoms with E-state index in [0.717, 1.165) is 19.3 Å². The molecule has 0 saturated heterocycles. The van der Waals surface area contributed by atoms with Crippen LogP contribution < -0.4 is 10.6 Å². The van der Waals surface area contributed by atoms with Crippen molar-refractivity contribution >= 4 is 11.7 Å². The maximum Gasteiger partial charge on any atom is 0.319 e. The summed E-state index contributed by atoms with van der Waals surface area (Å²) in [7, 11) is 0. The molecule has 0 spiro atoms. The summed E-state index contributed by atoms with van der Waals surface area (Å²) in [4.78, 5) is 15.8. The third-order valence-electron chi connectivity index (χ3n) is 3.67. The smallest absolute Gasteiger partial charge is 0.319 e. The molecule has 1 aliphatic carbocycles. The van der Waals surface area contributed by atoms with Gasteiger partial charge in [0.25, 0.3) is 0 Å². The zero-order valence-electron chi connectivity index (χ0n) is 10.5. The summed E-state index contributed by atoms with van der Waals surface area (Å²) in [6.45, 7) is 2.11. The maximum absolute atomic E-state index is 11.8. The number of nitrogens with one attached hydrogen (secondary N) is 2. The van der Waals surface area contributed by atoms with E-state index < -0.39 is 0 Å². The molecule has 5 nitrogen and oxygen atoms in total. The number of hydrogen-bond donors (Lipinski definition) is 3. The van der Waals surface area contributed by atoms with Crippen LogP contribution in [0.15, 0.2) is 24.5 Å². The molecular formula is C13H19N3O2. The molecule has 1 aromatic rings. The largest absolute Gasteiger partial charge is 0.396 e. The number of aromatic nitrogens is 1. The van der Waals surface area contributed by atoms with E-state index in [4.69, 9.17) is 0 Å². The lowest BCUT2D eigenvalue weighted by Gasteiger charge is -2.30. The summed E-state index contributed by atoms with van der Waals surface area (Å²) < 4.78 is 0. The first-order chi connectivity index (χ1) is 8.64. The van der Waals surface area contributed by atoms with Crippen molar-refractivity contribution in [2.24, 2.45) is 5.41 Å². The van der Waals surface area contributed by atoms with Crippen LogP contribution in [0.5, 0.6) is 0 Å². The van der Waals surface area contributed by atoms with Crippen molar-refractivity contribution in [2.75, 3.05) is 11.9 Å². The number of hydrogen-bond acceptors (Lipinski definition) is 3. The summed E-state index contributed by atoms with van der Waals surface area (Å²) >= 11 is 0. The molecule has 2 rings (SSSR count). The van der Waals surface area contributed by atoms with Crippen LogP contribution in [0.4, 0.5) is 10.5 Å². The fourth-order valence-corrected chi connectivity index (χ4v) is 2.43. The van der Waals surface area contributed by atoms with Crippen LogP contribution in [-0.2, 0) is 0 Å². The van der Waals surface area contributed by atoms with Gasteiger partial charge in [0.05, 0.1) is 18.5 Å². The Morgan fingerprint density at radius 3 is 3.17 bits per heavy atom. The lowest BCUT2D eigenvalue weighted by molar-refractivity contribution is 0.122. The van der Waals surface area contributed by atoms with Gasteiger partial charge in [-0.05, 0) is 25.0 Å². The number of carbonyl (C=O) groups is 1. The number of carbonyl (C=O) groups excluding carboxylic acids is 1. The minimum absolute atomic E-state index is 0.0270. The van der Waals surface area contributed by atoms with Crippen molar-refractivity contribution in [1.82, 2.24) is 10.3 Å².